The van der Waals surface area contributed by atoms with Crippen molar-refractivity contribution >= 4 is 17.6 Å². The largest absolute Gasteiger partial charge is 0.449 e. The average molecular weight is 315 g/mol. The third-order valence-electron chi connectivity index (χ3n) is 3.59. The van der Waals surface area contributed by atoms with E-state index in [-0.39, 0.29) is 0 Å². The molecule has 1 N–H and O–H groups in total. The van der Waals surface area contributed by atoms with E-state index < -0.39 is 23.8 Å². The Morgan fingerprint density at radius 3 is 2.39 bits per heavy atom. The van der Waals surface area contributed by atoms with Crippen molar-refractivity contribution in [2.24, 2.45) is 0 Å². The second-order valence-corrected chi connectivity index (χ2v) is 5.29. The van der Waals surface area contributed by atoms with Crippen LogP contribution in [0, 0.1) is 19.7 Å². The molecule has 0 radical (unpaired) electrons. The van der Waals surface area contributed by atoms with Crippen LogP contribution in [0.4, 0.5) is 10.1 Å². The number of hydrogen-bond acceptors (Lipinski definition) is 3. The number of carbonyl (C=O) groups excluding carboxylic acids is 2. The van der Waals surface area contributed by atoms with E-state index in [1.165, 1.54) is 31.2 Å². The van der Waals surface area contributed by atoms with E-state index >= 15 is 0 Å². The van der Waals surface area contributed by atoms with Crippen molar-refractivity contribution in [1.29, 1.82) is 0 Å². The van der Waals surface area contributed by atoms with Gasteiger partial charge in [-0.25, -0.2) is 9.18 Å². The van der Waals surface area contributed by atoms with Gasteiger partial charge in [-0.1, -0.05) is 12.1 Å². The molecule has 4 nitrogen and oxygen atoms in total. The smallest absolute Gasteiger partial charge is 0.339 e. The Bertz CT molecular complexity index is 726. The lowest BCUT2D eigenvalue weighted by Gasteiger charge is -2.15. The summed E-state index contributed by atoms with van der Waals surface area (Å²) in [5, 5.41) is 2.57. The monoisotopic (exact) mass is 315 g/mol. The van der Waals surface area contributed by atoms with Crippen molar-refractivity contribution in [2.45, 2.75) is 26.9 Å². The van der Waals surface area contributed by atoms with Crippen molar-refractivity contribution in [1.82, 2.24) is 0 Å². The third kappa shape index (κ3) is 4.16. The van der Waals surface area contributed by atoms with Crippen LogP contribution in [0.5, 0.6) is 0 Å². The van der Waals surface area contributed by atoms with Crippen LogP contribution in [0.2, 0.25) is 0 Å². The second-order valence-electron chi connectivity index (χ2n) is 5.29. The van der Waals surface area contributed by atoms with Gasteiger partial charge in [-0.15, -0.1) is 0 Å². The molecule has 0 fully saturated rings. The highest BCUT2D eigenvalue weighted by molar-refractivity contribution is 5.97. The first kappa shape index (κ1) is 16.7. The molecule has 1 amide bonds. The van der Waals surface area contributed by atoms with Gasteiger partial charge in [0.05, 0.1) is 5.56 Å². The number of benzene rings is 2. The zero-order chi connectivity index (χ0) is 17.0. The van der Waals surface area contributed by atoms with Gasteiger partial charge < -0.3 is 10.1 Å². The maximum Gasteiger partial charge on any atom is 0.339 e. The van der Waals surface area contributed by atoms with Crippen LogP contribution >= 0.6 is 0 Å². The van der Waals surface area contributed by atoms with E-state index in [4.69, 9.17) is 4.74 Å². The van der Waals surface area contributed by atoms with Crippen LogP contribution in [-0.2, 0) is 9.53 Å². The zero-order valence-electron chi connectivity index (χ0n) is 13.2. The molecule has 0 heterocycles. The highest BCUT2D eigenvalue weighted by Crippen LogP contribution is 2.15. The first-order valence-corrected chi connectivity index (χ1v) is 7.22. The first-order chi connectivity index (χ1) is 10.9. The molecule has 1 atom stereocenters. The first-order valence-electron chi connectivity index (χ1n) is 7.22. The van der Waals surface area contributed by atoms with Crippen molar-refractivity contribution < 1.29 is 18.7 Å². The summed E-state index contributed by atoms with van der Waals surface area (Å²) in [6.45, 7) is 5.22. The normalized spacial score (nSPS) is 11.7. The lowest BCUT2D eigenvalue weighted by molar-refractivity contribution is -0.123. The second kappa shape index (κ2) is 7.05. The Morgan fingerprint density at radius 1 is 1.09 bits per heavy atom. The van der Waals surface area contributed by atoms with Crippen LogP contribution in [-0.4, -0.2) is 18.0 Å². The van der Waals surface area contributed by atoms with E-state index in [1.54, 1.807) is 12.1 Å². The quantitative estimate of drug-likeness (QED) is 0.877. The fourth-order valence-corrected chi connectivity index (χ4v) is 2.03. The molecule has 23 heavy (non-hydrogen) atoms. The Hall–Kier alpha value is -2.69. The molecule has 0 aromatic heterocycles. The number of esters is 1. The Kier molecular flexibility index (Phi) is 5.11. The number of anilines is 1. The number of nitrogens with one attached hydrogen (secondary N) is 1. The van der Waals surface area contributed by atoms with Crippen molar-refractivity contribution in [3.05, 3.63) is 65.0 Å². The van der Waals surface area contributed by atoms with Crippen LogP contribution in [0.25, 0.3) is 0 Å². The summed E-state index contributed by atoms with van der Waals surface area (Å²) in [5.74, 6) is -1.42. The molecule has 0 aliphatic heterocycles. The molecule has 2 rings (SSSR count). The minimum absolute atomic E-state index is 0.391. The predicted octanol–water partition coefficient (Wildman–Crippen LogP) is 3.63. The molecular formula is C18H18FNO3. The minimum Gasteiger partial charge on any atom is -0.449 e. The fourth-order valence-electron chi connectivity index (χ4n) is 2.03. The lowest BCUT2D eigenvalue weighted by atomic mass is 10.0. The lowest BCUT2D eigenvalue weighted by Crippen LogP contribution is -2.30. The molecule has 0 unspecified atom stereocenters. The topological polar surface area (TPSA) is 55.4 Å². The highest BCUT2D eigenvalue weighted by atomic mass is 19.1. The number of rotatable bonds is 4. The minimum atomic E-state index is -0.965. The van der Waals surface area contributed by atoms with Crippen LogP contribution in [0.15, 0.2) is 42.5 Å². The van der Waals surface area contributed by atoms with Crippen molar-refractivity contribution in [2.75, 3.05) is 5.32 Å². The summed E-state index contributed by atoms with van der Waals surface area (Å²) in [4.78, 5) is 24.2. The molecule has 0 aliphatic rings. The highest BCUT2D eigenvalue weighted by Gasteiger charge is 2.20. The fraction of sp³-hybridized carbons (Fsp3) is 0.222. The zero-order valence-corrected chi connectivity index (χ0v) is 13.2. The summed E-state index contributed by atoms with van der Waals surface area (Å²) in [7, 11) is 0. The van der Waals surface area contributed by atoms with E-state index in [1.807, 2.05) is 19.9 Å². The average Bonchev–Trinajstić information content (AvgIpc) is 2.52. The SMILES string of the molecule is Cc1cccc(C(=O)O[C@@H](C)C(=O)Nc2ccc(F)cc2)c1C. The summed E-state index contributed by atoms with van der Waals surface area (Å²) < 4.78 is 18.0. The summed E-state index contributed by atoms with van der Waals surface area (Å²) >= 11 is 0. The van der Waals surface area contributed by atoms with Crippen LogP contribution < -0.4 is 5.32 Å². The summed E-state index contributed by atoms with van der Waals surface area (Å²) in [6.07, 6.45) is -0.965. The van der Waals surface area contributed by atoms with Crippen LogP contribution in [0.1, 0.15) is 28.4 Å². The van der Waals surface area contributed by atoms with Gasteiger partial charge in [0.25, 0.3) is 5.91 Å². The molecule has 0 bridgehead atoms. The van der Waals surface area contributed by atoms with Crippen molar-refractivity contribution in [3.8, 4) is 0 Å². The van der Waals surface area contributed by atoms with E-state index in [0.717, 1.165) is 11.1 Å². The van der Waals surface area contributed by atoms with Gasteiger partial charge in [-0.05, 0) is 62.2 Å². The van der Waals surface area contributed by atoms with Crippen LogP contribution in [0.3, 0.4) is 0 Å². The Morgan fingerprint density at radius 2 is 1.74 bits per heavy atom. The molecule has 2 aromatic carbocycles. The molecule has 0 saturated heterocycles. The third-order valence-corrected chi connectivity index (χ3v) is 3.59. The van der Waals surface area contributed by atoms with E-state index in [0.29, 0.717) is 11.3 Å². The molecule has 120 valence electrons. The molecular weight excluding hydrogens is 297 g/mol. The van der Waals surface area contributed by atoms with E-state index in [9.17, 15) is 14.0 Å². The van der Waals surface area contributed by atoms with Gasteiger partial charge in [0.2, 0.25) is 0 Å². The number of ether oxygens (including phenoxy) is 1. The van der Waals surface area contributed by atoms with Gasteiger partial charge in [0.15, 0.2) is 6.10 Å². The Labute approximate surface area is 134 Å². The van der Waals surface area contributed by atoms with Gasteiger partial charge >= 0.3 is 5.97 Å². The molecule has 0 saturated carbocycles. The standard InChI is InChI=1S/C18H18FNO3/c1-11-5-4-6-16(12(11)2)18(22)23-13(3)17(21)20-15-9-7-14(19)8-10-15/h4-10,13H,1-3H3,(H,20,21)/t13-/m0/s1. The van der Waals surface area contributed by atoms with Crippen molar-refractivity contribution in [3.63, 3.8) is 0 Å². The molecule has 0 spiro atoms. The van der Waals surface area contributed by atoms with E-state index in [2.05, 4.69) is 5.32 Å². The maximum absolute atomic E-state index is 12.8. The van der Waals surface area contributed by atoms with Gasteiger partial charge in [-0.2, -0.15) is 0 Å². The summed E-state index contributed by atoms with van der Waals surface area (Å²) in [5.41, 5.74) is 2.67. The molecule has 2 aromatic rings. The number of amides is 1. The number of carbonyl (C=O) groups is 2. The number of aryl methyl sites for hydroxylation is 1. The van der Waals surface area contributed by atoms with Gasteiger partial charge in [-0.3, -0.25) is 4.79 Å². The maximum atomic E-state index is 12.8. The number of halogens is 1. The predicted molar refractivity (Wildman–Crippen MR) is 85.8 cm³/mol. The van der Waals surface area contributed by atoms with Gasteiger partial charge in [0, 0.05) is 5.69 Å². The summed E-state index contributed by atoms with van der Waals surface area (Å²) in [6, 6.07) is 10.7. The van der Waals surface area contributed by atoms with Gasteiger partial charge in [0.1, 0.15) is 5.82 Å². The Balaban J connectivity index is 2.01. The number of hydrogen-bond donors (Lipinski definition) is 1. The molecule has 0 aliphatic carbocycles. The molecule has 5 heteroatoms.